The van der Waals surface area contributed by atoms with E-state index in [-0.39, 0.29) is 23.9 Å². The fourth-order valence-corrected chi connectivity index (χ4v) is 3.18. The summed E-state index contributed by atoms with van der Waals surface area (Å²) in [6, 6.07) is 0. The lowest BCUT2D eigenvalue weighted by Gasteiger charge is -2.33. The Labute approximate surface area is 117 Å². The van der Waals surface area contributed by atoms with Gasteiger partial charge in [-0.2, -0.15) is 0 Å². The first-order valence-corrected chi connectivity index (χ1v) is 7.01. The third-order valence-corrected chi connectivity index (χ3v) is 5.07. The second kappa shape index (κ2) is 5.79. The van der Waals surface area contributed by atoms with Crippen LogP contribution in [0.1, 0.15) is 46.5 Å². The van der Waals surface area contributed by atoms with Crippen LogP contribution in [-0.4, -0.2) is 18.0 Å². The van der Waals surface area contributed by atoms with Crippen LogP contribution in [0, 0.1) is 23.7 Å². The van der Waals surface area contributed by atoms with E-state index in [2.05, 4.69) is 26.1 Å². The van der Waals surface area contributed by atoms with Gasteiger partial charge in [0.25, 0.3) is 0 Å². The molecular formula is C14H27ClN2O. The summed E-state index contributed by atoms with van der Waals surface area (Å²) in [5, 5.41) is 3.20. The first-order chi connectivity index (χ1) is 7.99. The minimum absolute atomic E-state index is 0. The van der Waals surface area contributed by atoms with Crippen molar-refractivity contribution in [1.82, 2.24) is 5.32 Å². The van der Waals surface area contributed by atoms with Gasteiger partial charge in [-0.25, -0.2) is 0 Å². The molecule has 2 saturated carbocycles. The molecule has 4 heteroatoms. The van der Waals surface area contributed by atoms with Crippen LogP contribution in [-0.2, 0) is 4.79 Å². The Kier molecular flexibility index (Phi) is 5.07. The number of halogens is 1. The van der Waals surface area contributed by atoms with Gasteiger partial charge in [0, 0.05) is 12.5 Å². The van der Waals surface area contributed by atoms with Gasteiger partial charge < -0.3 is 11.1 Å². The van der Waals surface area contributed by atoms with Gasteiger partial charge in [0.2, 0.25) is 5.91 Å². The van der Waals surface area contributed by atoms with E-state index in [1.165, 1.54) is 25.7 Å². The predicted molar refractivity (Wildman–Crippen MR) is 76.6 cm³/mol. The quantitative estimate of drug-likeness (QED) is 0.827. The number of amides is 1. The minimum atomic E-state index is -0.247. The molecule has 0 saturated heterocycles. The van der Waals surface area contributed by atoms with Crippen LogP contribution in [0.3, 0.4) is 0 Å². The van der Waals surface area contributed by atoms with Crippen LogP contribution in [0.25, 0.3) is 0 Å². The van der Waals surface area contributed by atoms with Crippen molar-refractivity contribution in [3.63, 3.8) is 0 Å². The van der Waals surface area contributed by atoms with E-state index in [9.17, 15) is 4.79 Å². The summed E-state index contributed by atoms with van der Waals surface area (Å²) in [4.78, 5) is 12.3. The third-order valence-electron chi connectivity index (χ3n) is 5.07. The maximum absolute atomic E-state index is 12.3. The standard InChI is InChI=1S/C14H26N2O.ClH/c1-9(2)14(3,8-15)16-13(17)12-10-6-4-5-7-11(10)12;/h9-12H,4-8,15H2,1-3H3,(H,16,17);1H. The Hall–Kier alpha value is -0.280. The van der Waals surface area contributed by atoms with Crippen LogP contribution < -0.4 is 11.1 Å². The van der Waals surface area contributed by atoms with E-state index in [1.54, 1.807) is 0 Å². The van der Waals surface area contributed by atoms with E-state index in [1.807, 2.05) is 0 Å². The zero-order valence-corrected chi connectivity index (χ0v) is 12.6. The zero-order valence-electron chi connectivity index (χ0n) is 11.7. The first kappa shape index (κ1) is 15.8. The molecule has 0 radical (unpaired) electrons. The molecule has 0 aliphatic heterocycles. The molecule has 3 nitrogen and oxygen atoms in total. The van der Waals surface area contributed by atoms with Gasteiger partial charge in [-0.1, -0.05) is 26.7 Å². The number of nitrogens with one attached hydrogen (secondary N) is 1. The second-order valence-corrected chi connectivity index (χ2v) is 6.40. The van der Waals surface area contributed by atoms with Crippen molar-refractivity contribution < 1.29 is 4.79 Å². The number of nitrogens with two attached hydrogens (primary N) is 1. The smallest absolute Gasteiger partial charge is 0.224 e. The molecule has 2 aliphatic carbocycles. The van der Waals surface area contributed by atoms with Crippen molar-refractivity contribution in [2.45, 2.75) is 52.0 Å². The van der Waals surface area contributed by atoms with Crippen molar-refractivity contribution >= 4 is 18.3 Å². The molecule has 0 aromatic rings. The zero-order chi connectivity index (χ0) is 12.6. The molecule has 3 N–H and O–H groups in total. The summed E-state index contributed by atoms with van der Waals surface area (Å²) < 4.78 is 0. The first-order valence-electron chi connectivity index (χ1n) is 7.01. The summed E-state index contributed by atoms with van der Waals surface area (Å²) in [7, 11) is 0. The molecule has 0 aromatic carbocycles. The molecule has 1 amide bonds. The molecule has 0 bridgehead atoms. The number of fused-ring (bicyclic) bond motifs is 1. The average molecular weight is 275 g/mol. The van der Waals surface area contributed by atoms with E-state index in [4.69, 9.17) is 5.73 Å². The summed E-state index contributed by atoms with van der Waals surface area (Å²) in [5.74, 6) is 2.28. The van der Waals surface area contributed by atoms with Crippen LogP contribution in [0.5, 0.6) is 0 Å². The summed E-state index contributed by atoms with van der Waals surface area (Å²) >= 11 is 0. The number of rotatable bonds is 4. The Morgan fingerprint density at radius 2 is 1.83 bits per heavy atom. The average Bonchev–Trinajstić information content (AvgIpc) is 3.02. The summed E-state index contributed by atoms with van der Waals surface area (Å²) in [6.07, 6.45) is 5.13. The fourth-order valence-electron chi connectivity index (χ4n) is 3.18. The summed E-state index contributed by atoms with van der Waals surface area (Å²) in [5.41, 5.74) is 5.56. The molecule has 3 unspecified atom stereocenters. The highest BCUT2D eigenvalue weighted by Crippen LogP contribution is 2.55. The predicted octanol–water partition coefficient (Wildman–Crippen LogP) is 2.33. The lowest BCUT2D eigenvalue weighted by Crippen LogP contribution is -2.55. The largest absolute Gasteiger partial charge is 0.349 e. The monoisotopic (exact) mass is 274 g/mol. The van der Waals surface area contributed by atoms with Crippen LogP contribution in [0.4, 0.5) is 0 Å². The van der Waals surface area contributed by atoms with Crippen molar-refractivity contribution in [3.05, 3.63) is 0 Å². The van der Waals surface area contributed by atoms with Crippen LogP contribution in [0.2, 0.25) is 0 Å². The molecule has 3 atom stereocenters. The summed E-state index contributed by atoms with van der Waals surface area (Å²) in [6.45, 7) is 6.81. The highest BCUT2D eigenvalue weighted by molar-refractivity contribution is 5.85. The normalized spacial score (nSPS) is 33.1. The SMILES string of the molecule is CC(C)C(C)(CN)NC(=O)C1C2CCCCC21.Cl. The number of hydrogen-bond acceptors (Lipinski definition) is 2. The molecule has 0 spiro atoms. The lowest BCUT2D eigenvalue weighted by molar-refractivity contribution is -0.125. The highest BCUT2D eigenvalue weighted by atomic mass is 35.5. The molecule has 0 aromatic heterocycles. The van der Waals surface area contributed by atoms with Crippen LogP contribution >= 0.6 is 12.4 Å². The van der Waals surface area contributed by atoms with Crippen molar-refractivity contribution in [2.75, 3.05) is 6.54 Å². The Morgan fingerprint density at radius 3 is 2.22 bits per heavy atom. The topological polar surface area (TPSA) is 55.1 Å². The Balaban J connectivity index is 0.00000162. The second-order valence-electron chi connectivity index (χ2n) is 6.40. The molecule has 2 fully saturated rings. The van der Waals surface area contributed by atoms with Gasteiger partial charge in [-0.15, -0.1) is 12.4 Å². The lowest BCUT2D eigenvalue weighted by atomic mass is 9.88. The van der Waals surface area contributed by atoms with E-state index >= 15 is 0 Å². The van der Waals surface area contributed by atoms with Gasteiger partial charge in [-0.3, -0.25) is 4.79 Å². The molecule has 18 heavy (non-hydrogen) atoms. The molecule has 2 aliphatic rings. The van der Waals surface area contributed by atoms with Gasteiger partial charge in [0.05, 0.1) is 5.54 Å². The highest BCUT2D eigenvalue weighted by Gasteiger charge is 2.55. The van der Waals surface area contributed by atoms with Crippen molar-refractivity contribution in [1.29, 1.82) is 0 Å². The van der Waals surface area contributed by atoms with Crippen molar-refractivity contribution in [2.24, 2.45) is 29.4 Å². The third kappa shape index (κ3) is 2.83. The minimum Gasteiger partial charge on any atom is -0.349 e. The van der Waals surface area contributed by atoms with Crippen molar-refractivity contribution in [3.8, 4) is 0 Å². The molecular weight excluding hydrogens is 248 g/mol. The maximum atomic E-state index is 12.3. The molecule has 2 rings (SSSR count). The van der Waals surface area contributed by atoms with Gasteiger partial charge in [-0.05, 0) is 37.5 Å². The van der Waals surface area contributed by atoms with E-state index in [0.29, 0.717) is 30.2 Å². The van der Waals surface area contributed by atoms with Gasteiger partial charge in [0.15, 0.2) is 0 Å². The van der Waals surface area contributed by atoms with E-state index < -0.39 is 0 Å². The number of carbonyl (C=O) groups excluding carboxylic acids is 1. The maximum Gasteiger partial charge on any atom is 0.224 e. The Morgan fingerprint density at radius 1 is 1.33 bits per heavy atom. The van der Waals surface area contributed by atoms with Gasteiger partial charge >= 0.3 is 0 Å². The molecule has 0 heterocycles. The number of carbonyl (C=O) groups is 1. The van der Waals surface area contributed by atoms with Gasteiger partial charge in [0.1, 0.15) is 0 Å². The van der Waals surface area contributed by atoms with Crippen LogP contribution in [0.15, 0.2) is 0 Å². The number of hydrogen-bond donors (Lipinski definition) is 2. The Bertz CT molecular complexity index is 296. The van der Waals surface area contributed by atoms with E-state index in [0.717, 1.165) is 0 Å². The fraction of sp³-hybridized carbons (Fsp3) is 0.929. The molecule has 106 valence electrons.